The van der Waals surface area contributed by atoms with Gasteiger partial charge in [-0.05, 0) is 11.6 Å². The molecule has 0 saturated carbocycles. The Bertz CT molecular complexity index is 711. The molecule has 0 saturated heterocycles. The highest BCUT2D eigenvalue weighted by molar-refractivity contribution is 5.94. The number of rotatable bonds is 5. The number of nitro benzene ring substituents is 1. The molecule has 0 aliphatic rings. The molecule has 0 aromatic heterocycles. The van der Waals surface area contributed by atoms with Crippen LogP contribution in [0.1, 0.15) is 5.56 Å². The van der Waals surface area contributed by atoms with Gasteiger partial charge in [0.2, 0.25) is 0 Å². The van der Waals surface area contributed by atoms with Crippen molar-refractivity contribution in [2.75, 3.05) is 12.4 Å². The summed E-state index contributed by atoms with van der Waals surface area (Å²) in [4.78, 5) is 21.9. The molecule has 2 aromatic carbocycles. The Hall–Kier alpha value is -3.15. The van der Waals surface area contributed by atoms with Crippen LogP contribution in [0.5, 0.6) is 0 Å². The molecule has 2 rings (SSSR count). The molecule has 0 radical (unpaired) electrons. The van der Waals surface area contributed by atoms with Crippen molar-refractivity contribution in [1.29, 1.82) is 0 Å². The van der Waals surface area contributed by atoms with Crippen molar-refractivity contribution in [3.63, 3.8) is 0 Å². The fourth-order valence-electron chi connectivity index (χ4n) is 1.84. The fraction of sp³-hybridized carbons (Fsp3) is 0.0625. The van der Waals surface area contributed by atoms with Crippen molar-refractivity contribution in [3.8, 4) is 0 Å². The summed E-state index contributed by atoms with van der Waals surface area (Å²) in [5.74, 6) is -0.517. The molecular formula is C16H14N2O4. The van der Waals surface area contributed by atoms with E-state index >= 15 is 0 Å². The lowest BCUT2D eigenvalue weighted by Gasteiger charge is -2.11. The van der Waals surface area contributed by atoms with Crippen LogP contribution in [0, 0.1) is 10.1 Å². The number of nitrogens with zero attached hydrogens (tertiary/aromatic N) is 1. The van der Waals surface area contributed by atoms with Crippen molar-refractivity contribution < 1.29 is 14.5 Å². The lowest BCUT2D eigenvalue weighted by atomic mass is 10.1. The molecule has 22 heavy (non-hydrogen) atoms. The van der Waals surface area contributed by atoms with Gasteiger partial charge < -0.3 is 10.1 Å². The maximum atomic E-state index is 11.5. The summed E-state index contributed by atoms with van der Waals surface area (Å²) >= 11 is 0. The van der Waals surface area contributed by atoms with E-state index in [1.165, 1.54) is 25.3 Å². The summed E-state index contributed by atoms with van der Waals surface area (Å²) < 4.78 is 4.64. The van der Waals surface area contributed by atoms with E-state index in [9.17, 15) is 14.9 Å². The summed E-state index contributed by atoms with van der Waals surface area (Å²) in [6.07, 6.45) is 1.30. The van der Waals surface area contributed by atoms with Gasteiger partial charge in [0.15, 0.2) is 0 Å². The van der Waals surface area contributed by atoms with Gasteiger partial charge in [-0.2, -0.15) is 0 Å². The van der Waals surface area contributed by atoms with Crippen LogP contribution in [-0.4, -0.2) is 18.0 Å². The lowest BCUT2D eigenvalue weighted by Crippen LogP contribution is -2.04. The second-order valence-corrected chi connectivity index (χ2v) is 4.38. The van der Waals surface area contributed by atoms with Crippen LogP contribution in [-0.2, 0) is 9.53 Å². The first-order chi connectivity index (χ1) is 10.6. The predicted molar refractivity (Wildman–Crippen MR) is 83.2 cm³/mol. The lowest BCUT2D eigenvalue weighted by molar-refractivity contribution is -0.384. The van der Waals surface area contributed by atoms with Crippen LogP contribution in [0.4, 0.5) is 11.4 Å². The number of carbonyl (C=O) groups is 1. The Kier molecular flexibility index (Phi) is 4.87. The van der Waals surface area contributed by atoms with E-state index in [1.807, 2.05) is 30.3 Å². The minimum Gasteiger partial charge on any atom is -0.466 e. The van der Waals surface area contributed by atoms with E-state index in [0.29, 0.717) is 11.4 Å². The van der Waals surface area contributed by atoms with Crippen LogP contribution < -0.4 is 5.32 Å². The van der Waals surface area contributed by atoms with E-state index < -0.39 is 10.9 Å². The maximum Gasteiger partial charge on any atom is 0.332 e. The summed E-state index contributed by atoms with van der Waals surface area (Å²) in [6, 6.07) is 15.2. The third-order valence-corrected chi connectivity index (χ3v) is 2.88. The van der Waals surface area contributed by atoms with Crippen LogP contribution >= 0.6 is 0 Å². The van der Waals surface area contributed by atoms with Crippen LogP contribution in [0.15, 0.2) is 60.7 Å². The minimum atomic E-state index is -0.517. The molecule has 0 spiro atoms. The van der Waals surface area contributed by atoms with Gasteiger partial charge in [0, 0.05) is 23.9 Å². The number of nitrogens with one attached hydrogen (secondary N) is 1. The molecule has 0 atom stereocenters. The molecule has 0 aliphatic carbocycles. The van der Waals surface area contributed by atoms with Crippen molar-refractivity contribution in [1.82, 2.24) is 0 Å². The summed E-state index contributed by atoms with van der Waals surface area (Å²) in [5.41, 5.74) is 1.73. The highest BCUT2D eigenvalue weighted by Crippen LogP contribution is 2.22. The van der Waals surface area contributed by atoms with Crippen LogP contribution in [0.25, 0.3) is 5.70 Å². The number of benzene rings is 2. The van der Waals surface area contributed by atoms with Gasteiger partial charge in [-0.15, -0.1) is 0 Å². The molecule has 2 aromatic rings. The molecule has 0 fully saturated rings. The predicted octanol–water partition coefficient (Wildman–Crippen LogP) is 3.22. The summed E-state index contributed by atoms with van der Waals surface area (Å²) in [7, 11) is 1.29. The minimum absolute atomic E-state index is 0.0320. The van der Waals surface area contributed by atoms with Gasteiger partial charge in [0.25, 0.3) is 5.69 Å². The smallest absolute Gasteiger partial charge is 0.332 e. The topological polar surface area (TPSA) is 81.5 Å². The monoisotopic (exact) mass is 298 g/mol. The number of ether oxygens (including phenoxy) is 1. The molecule has 0 amide bonds. The summed E-state index contributed by atoms with van der Waals surface area (Å²) in [6.45, 7) is 0. The number of methoxy groups -OCH3 is 1. The number of nitro groups is 1. The molecule has 0 aliphatic heterocycles. The first-order valence-corrected chi connectivity index (χ1v) is 6.46. The second kappa shape index (κ2) is 7.03. The van der Waals surface area contributed by atoms with Gasteiger partial charge in [0.05, 0.1) is 17.7 Å². The standard InChI is InChI=1S/C16H14N2O4/c1-22-16(19)11-15(12-6-3-2-4-7-12)17-13-8-5-9-14(10-13)18(20)21/h2-11,17H,1H3/b15-11-. The van der Waals surface area contributed by atoms with Crippen LogP contribution in [0.2, 0.25) is 0 Å². The number of esters is 1. The van der Waals surface area contributed by atoms with Crippen LogP contribution in [0.3, 0.4) is 0 Å². The SMILES string of the molecule is COC(=O)/C=C(\Nc1cccc([N+](=O)[O-])c1)c1ccccc1. The molecule has 6 heteroatoms. The average Bonchev–Trinajstić information content (AvgIpc) is 2.55. The molecule has 1 N–H and O–H groups in total. The summed E-state index contributed by atoms with van der Waals surface area (Å²) in [5, 5.41) is 13.8. The quantitative estimate of drug-likeness (QED) is 0.396. The van der Waals surface area contributed by atoms with Crippen molar-refractivity contribution in [3.05, 3.63) is 76.4 Å². The van der Waals surface area contributed by atoms with E-state index in [1.54, 1.807) is 12.1 Å². The maximum absolute atomic E-state index is 11.5. The number of non-ortho nitro benzene ring substituents is 1. The molecule has 0 heterocycles. The molecule has 0 bridgehead atoms. The Morgan fingerprint density at radius 2 is 1.91 bits per heavy atom. The highest BCUT2D eigenvalue weighted by Gasteiger charge is 2.09. The van der Waals surface area contributed by atoms with E-state index in [-0.39, 0.29) is 5.69 Å². The highest BCUT2D eigenvalue weighted by atomic mass is 16.6. The Morgan fingerprint density at radius 3 is 2.55 bits per heavy atom. The zero-order valence-electron chi connectivity index (χ0n) is 11.9. The van der Waals surface area contributed by atoms with Crippen molar-refractivity contribution >= 4 is 23.0 Å². The van der Waals surface area contributed by atoms with E-state index in [0.717, 1.165) is 5.56 Å². The molecule has 0 unspecified atom stereocenters. The van der Waals surface area contributed by atoms with Gasteiger partial charge in [-0.3, -0.25) is 10.1 Å². The van der Waals surface area contributed by atoms with Gasteiger partial charge in [-0.25, -0.2) is 4.79 Å². The first-order valence-electron chi connectivity index (χ1n) is 6.46. The van der Waals surface area contributed by atoms with Gasteiger partial charge >= 0.3 is 5.97 Å². The molecule has 6 nitrogen and oxygen atoms in total. The van der Waals surface area contributed by atoms with E-state index in [4.69, 9.17) is 0 Å². The van der Waals surface area contributed by atoms with E-state index in [2.05, 4.69) is 10.1 Å². The normalized spacial score (nSPS) is 10.9. The Morgan fingerprint density at radius 1 is 1.18 bits per heavy atom. The molecule has 112 valence electrons. The average molecular weight is 298 g/mol. The van der Waals surface area contributed by atoms with Crippen molar-refractivity contribution in [2.24, 2.45) is 0 Å². The molecular weight excluding hydrogens is 284 g/mol. The third-order valence-electron chi connectivity index (χ3n) is 2.88. The van der Waals surface area contributed by atoms with Crippen molar-refractivity contribution in [2.45, 2.75) is 0 Å². The largest absolute Gasteiger partial charge is 0.466 e. The van der Waals surface area contributed by atoms with Gasteiger partial charge in [-0.1, -0.05) is 36.4 Å². The Labute approximate surface area is 127 Å². The number of hydrogen-bond acceptors (Lipinski definition) is 5. The Balaban J connectivity index is 2.35. The van der Waals surface area contributed by atoms with Gasteiger partial charge in [0.1, 0.15) is 0 Å². The number of carbonyl (C=O) groups excluding carboxylic acids is 1. The first kappa shape index (κ1) is 15.2. The zero-order chi connectivity index (χ0) is 15.9. The second-order valence-electron chi connectivity index (χ2n) is 4.38. The zero-order valence-corrected chi connectivity index (χ0v) is 11.9. The number of hydrogen-bond donors (Lipinski definition) is 1. The third kappa shape index (κ3) is 3.92. The fourth-order valence-corrected chi connectivity index (χ4v) is 1.84. The number of anilines is 1.